The number of carbonyl (C=O) groups excluding carboxylic acids is 2. The van der Waals surface area contributed by atoms with Gasteiger partial charge in [0.25, 0.3) is 11.8 Å². The number of imidazole rings is 1. The monoisotopic (exact) mass is 302 g/mol. The van der Waals surface area contributed by atoms with Crippen LogP contribution in [0.15, 0.2) is 12.7 Å². The highest BCUT2D eigenvalue weighted by Gasteiger charge is 2.30. The maximum atomic E-state index is 12.7. The van der Waals surface area contributed by atoms with Gasteiger partial charge in [0.2, 0.25) is 0 Å². The number of hydrogen-bond donors (Lipinski definition) is 1. The third-order valence-electron chi connectivity index (χ3n) is 4.32. The fourth-order valence-electron chi connectivity index (χ4n) is 3.20. The lowest BCUT2D eigenvalue weighted by molar-refractivity contribution is 0.0786. The second-order valence-corrected chi connectivity index (χ2v) is 5.84. The van der Waals surface area contributed by atoms with Gasteiger partial charge in [0.1, 0.15) is 5.69 Å². The second-order valence-electron chi connectivity index (χ2n) is 5.84. The summed E-state index contributed by atoms with van der Waals surface area (Å²) in [6, 6.07) is 0. The maximum absolute atomic E-state index is 12.7. The molecule has 3 heterocycles. The summed E-state index contributed by atoms with van der Waals surface area (Å²) < 4.78 is 1.92. The summed E-state index contributed by atoms with van der Waals surface area (Å²) in [6.45, 7) is 6.34. The molecule has 3 rings (SSSR count). The molecule has 2 aliphatic rings. The summed E-state index contributed by atoms with van der Waals surface area (Å²) in [7, 11) is 0. The van der Waals surface area contributed by atoms with Crippen LogP contribution in [0.1, 0.15) is 52.5 Å². The molecule has 6 nitrogen and oxygen atoms in total. The molecule has 1 saturated heterocycles. The predicted octanol–water partition coefficient (Wildman–Crippen LogP) is 1.37. The summed E-state index contributed by atoms with van der Waals surface area (Å²) >= 11 is 0. The zero-order valence-corrected chi connectivity index (χ0v) is 12.8. The van der Waals surface area contributed by atoms with Gasteiger partial charge in [-0.25, -0.2) is 4.98 Å². The topological polar surface area (TPSA) is 67.2 Å². The van der Waals surface area contributed by atoms with Crippen molar-refractivity contribution in [1.82, 2.24) is 19.8 Å². The van der Waals surface area contributed by atoms with Crippen molar-refractivity contribution in [3.05, 3.63) is 29.9 Å². The fourth-order valence-corrected chi connectivity index (χ4v) is 3.20. The van der Waals surface area contributed by atoms with Gasteiger partial charge in [-0.2, -0.15) is 0 Å². The highest BCUT2D eigenvalue weighted by molar-refractivity contribution is 5.97. The molecular formula is C16H22N4O2. The molecule has 2 amide bonds. The first-order valence-corrected chi connectivity index (χ1v) is 8.00. The molecule has 118 valence electrons. The van der Waals surface area contributed by atoms with E-state index in [0.29, 0.717) is 18.1 Å². The molecule has 0 saturated carbocycles. The maximum Gasteiger partial charge on any atom is 0.287 e. The minimum absolute atomic E-state index is 0.0223. The van der Waals surface area contributed by atoms with Gasteiger partial charge in [0, 0.05) is 26.2 Å². The van der Waals surface area contributed by atoms with Gasteiger partial charge in [-0.3, -0.25) is 9.59 Å². The number of rotatable bonds is 4. The molecule has 0 aliphatic carbocycles. The first kappa shape index (κ1) is 14.8. The smallest absolute Gasteiger partial charge is 0.287 e. The Morgan fingerprint density at radius 1 is 1.18 bits per heavy atom. The van der Waals surface area contributed by atoms with Gasteiger partial charge >= 0.3 is 0 Å². The summed E-state index contributed by atoms with van der Waals surface area (Å²) in [4.78, 5) is 31.2. The number of amides is 2. The average Bonchev–Trinajstić information content (AvgIpc) is 3.19. The quantitative estimate of drug-likeness (QED) is 0.854. The lowest BCUT2D eigenvalue weighted by Crippen LogP contribution is -2.29. The molecule has 6 heteroatoms. The highest BCUT2D eigenvalue weighted by Crippen LogP contribution is 2.23. The highest BCUT2D eigenvalue weighted by atomic mass is 16.2. The van der Waals surface area contributed by atoms with Gasteiger partial charge in [0.05, 0.1) is 5.69 Å². The van der Waals surface area contributed by atoms with E-state index >= 15 is 0 Å². The van der Waals surface area contributed by atoms with Crippen LogP contribution >= 0.6 is 0 Å². The van der Waals surface area contributed by atoms with Crippen LogP contribution in [0, 0.1) is 0 Å². The number of hydrogen-bond acceptors (Lipinski definition) is 3. The van der Waals surface area contributed by atoms with Crippen LogP contribution in [0.3, 0.4) is 0 Å². The van der Waals surface area contributed by atoms with E-state index in [-0.39, 0.29) is 11.8 Å². The number of likely N-dealkylation sites (tertiary alicyclic amines) is 1. The average molecular weight is 302 g/mol. The zero-order chi connectivity index (χ0) is 15.5. The molecule has 1 fully saturated rings. The van der Waals surface area contributed by atoms with Crippen LogP contribution in [0.5, 0.6) is 0 Å². The minimum atomic E-state index is -0.233. The number of nitrogens with zero attached hydrogens (tertiary/aromatic N) is 3. The van der Waals surface area contributed by atoms with E-state index in [1.807, 2.05) is 9.47 Å². The molecule has 0 aromatic carbocycles. The van der Waals surface area contributed by atoms with Crippen molar-refractivity contribution in [2.75, 3.05) is 19.6 Å². The molecule has 0 unspecified atom stereocenters. The lowest BCUT2D eigenvalue weighted by atomic mass is 10.1. The third kappa shape index (κ3) is 2.65. The molecule has 0 spiro atoms. The Labute approximate surface area is 130 Å². The van der Waals surface area contributed by atoms with Crippen LogP contribution in [0.25, 0.3) is 0 Å². The Hall–Kier alpha value is -2.11. The number of carbonyl (C=O) groups is 2. The van der Waals surface area contributed by atoms with E-state index in [1.54, 1.807) is 6.08 Å². The third-order valence-corrected chi connectivity index (χ3v) is 4.32. The van der Waals surface area contributed by atoms with Gasteiger partial charge in [-0.1, -0.05) is 6.08 Å². The lowest BCUT2D eigenvalue weighted by Gasteiger charge is -2.18. The molecule has 0 atom stereocenters. The minimum Gasteiger partial charge on any atom is -0.346 e. The van der Waals surface area contributed by atoms with Gasteiger partial charge in [0.15, 0.2) is 5.82 Å². The standard InChI is InChI=1S/C16H22N4O2/c1-2-8-17-15(21)14-18-13(12-7-3-4-11-20(12)14)16(22)19-9-5-6-10-19/h2H,1,3-11H2,(H,17,21). The summed E-state index contributed by atoms with van der Waals surface area (Å²) in [5.74, 6) is 0.105. The molecule has 1 aromatic rings. The molecule has 22 heavy (non-hydrogen) atoms. The largest absolute Gasteiger partial charge is 0.346 e. The van der Waals surface area contributed by atoms with Crippen molar-refractivity contribution in [2.45, 2.75) is 38.6 Å². The van der Waals surface area contributed by atoms with Crippen LogP contribution in [-0.2, 0) is 13.0 Å². The molecule has 0 bridgehead atoms. The van der Waals surface area contributed by atoms with Crippen LogP contribution in [-0.4, -0.2) is 45.9 Å². The SMILES string of the molecule is C=CCNC(=O)c1nc(C(=O)N2CCCC2)c2n1CCCC2. The van der Waals surface area contributed by atoms with E-state index in [9.17, 15) is 9.59 Å². The van der Waals surface area contributed by atoms with Gasteiger partial charge in [-0.05, 0) is 32.1 Å². The Kier molecular flexibility index (Phi) is 4.27. The molecule has 1 N–H and O–H groups in total. The van der Waals surface area contributed by atoms with Crippen LogP contribution in [0.4, 0.5) is 0 Å². The van der Waals surface area contributed by atoms with Crippen molar-refractivity contribution in [1.29, 1.82) is 0 Å². The summed E-state index contributed by atoms with van der Waals surface area (Å²) in [6.07, 6.45) is 6.61. The Balaban J connectivity index is 1.92. The molecule has 0 radical (unpaired) electrons. The van der Waals surface area contributed by atoms with Crippen LogP contribution in [0.2, 0.25) is 0 Å². The van der Waals surface area contributed by atoms with Crippen molar-refractivity contribution in [3.63, 3.8) is 0 Å². The van der Waals surface area contributed by atoms with Gasteiger partial charge < -0.3 is 14.8 Å². The molecular weight excluding hydrogens is 280 g/mol. The second kappa shape index (κ2) is 6.34. The van der Waals surface area contributed by atoms with E-state index in [0.717, 1.165) is 57.4 Å². The number of nitrogens with one attached hydrogen (secondary N) is 1. The van der Waals surface area contributed by atoms with Crippen molar-refractivity contribution in [2.24, 2.45) is 0 Å². The Morgan fingerprint density at radius 2 is 1.91 bits per heavy atom. The molecule has 2 aliphatic heterocycles. The number of fused-ring (bicyclic) bond motifs is 1. The van der Waals surface area contributed by atoms with Gasteiger partial charge in [-0.15, -0.1) is 6.58 Å². The van der Waals surface area contributed by atoms with E-state index in [1.165, 1.54) is 0 Å². The molecule has 1 aromatic heterocycles. The first-order chi connectivity index (χ1) is 10.7. The summed E-state index contributed by atoms with van der Waals surface area (Å²) in [5.41, 5.74) is 1.40. The fraction of sp³-hybridized carbons (Fsp3) is 0.562. The zero-order valence-electron chi connectivity index (χ0n) is 12.8. The van der Waals surface area contributed by atoms with Crippen molar-refractivity contribution < 1.29 is 9.59 Å². The number of aromatic nitrogens is 2. The van der Waals surface area contributed by atoms with E-state index in [2.05, 4.69) is 16.9 Å². The van der Waals surface area contributed by atoms with Crippen molar-refractivity contribution >= 4 is 11.8 Å². The summed E-state index contributed by atoms with van der Waals surface area (Å²) in [5, 5.41) is 2.76. The van der Waals surface area contributed by atoms with Crippen molar-refractivity contribution in [3.8, 4) is 0 Å². The first-order valence-electron chi connectivity index (χ1n) is 8.00. The Morgan fingerprint density at radius 3 is 2.64 bits per heavy atom. The Bertz CT molecular complexity index is 600. The van der Waals surface area contributed by atoms with Crippen LogP contribution < -0.4 is 5.32 Å². The van der Waals surface area contributed by atoms with E-state index < -0.39 is 0 Å². The normalized spacial score (nSPS) is 17.2. The van der Waals surface area contributed by atoms with E-state index in [4.69, 9.17) is 0 Å². The predicted molar refractivity (Wildman–Crippen MR) is 82.8 cm³/mol.